The third-order valence-electron chi connectivity index (χ3n) is 5.26. The molecule has 0 atom stereocenters. The molecule has 1 amide bonds. The van der Waals surface area contributed by atoms with Crippen molar-refractivity contribution in [3.63, 3.8) is 0 Å². The van der Waals surface area contributed by atoms with Crippen LogP contribution in [0.15, 0.2) is 4.99 Å². The minimum absolute atomic E-state index is 0.0840. The molecule has 0 aromatic heterocycles. The van der Waals surface area contributed by atoms with Gasteiger partial charge in [-0.1, -0.05) is 12.8 Å². The maximum absolute atomic E-state index is 12.3. The largest absolute Gasteiger partial charge is 0.444 e. The summed E-state index contributed by atoms with van der Waals surface area (Å²) in [5, 5.41) is 7.41. The Bertz CT molecular complexity index is 484. The van der Waals surface area contributed by atoms with Gasteiger partial charge >= 0.3 is 6.09 Å². The maximum Gasteiger partial charge on any atom is 0.410 e. The van der Waals surface area contributed by atoms with Crippen LogP contribution in [0.3, 0.4) is 0 Å². The normalized spacial score (nSPS) is 24.8. The molecule has 2 heterocycles. The molecular formula is C18H32N4O2. The first-order valence-corrected chi connectivity index (χ1v) is 9.42. The van der Waals surface area contributed by atoms with Crippen molar-refractivity contribution in [1.82, 2.24) is 15.5 Å². The van der Waals surface area contributed by atoms with Gasteiger partial charge in [0.15, 0.2) is 0 Å². The Morgan fingerprint density at radius 1 is 1.29 bits per heavy atom. The Balaban J connectivity index is 1.61. The molecule has 136 valence electrons. The number of ether oxygens (including phenoxy) is 1. The number of rotatable bonds is 1. The number of amidine groups is 1. The molecule has 2 N–H and O–H groups in total. The zero-order chi connectivity index (χ0) is 17.2. The van der Waals surface area contributed by atoms with Gasteiger partial charge in [-0.15, -0.1) is 0 Å². The Morgan fingerprint density at radius 2 is 1.96 bits per heavy atom. The van der Waals surface area contributed by atoms with Crippen LogP contribution >= 0.6 is 0 Å². The van der Waals surface area contributed by atoms with Crippen molar-refractivity contribution in [2.75, 3.05) is 26.2 Å². The van der Waals surface area contributed by atoms with Crippen LogP contribution in [-0.2, 0) is 4.74 Å². The third kappa shape index (κ3) is 4.02. The highest BCUT2D eigenvalue weighted by molar-refractivity contribution is 5.92. The standard InChI is InChI=1S/C18H32N4O2/c1-17(2,3)24-16(23)22-12-8-18(9-13-22)15(19-10-11-20-18)21-14-6-4-5-7-14/h14,20H,4-13H2,1-3H3,(H,19,21). The monoisotopic (exact) mass is 336 g/mol. The van der Waals surface area contributed by atoms with Gasteiger partial charge in [0, 0.05) is 25.7 Å². The smallest absolute Gasteiger partial charge is 0.410 e. The molecule has 1 saturated heterocycles. The van der Waals surface area contributed by atoms with Crippen LogP contribution in [-0.4, -0.2) is 60.2 Å². The topological polar surface area (TPSA) is 66.0 Å². The molecule has 0 radical (unpaired) electrons. The van der Waals surface area contributed by atoms with E-state index in [1.54, 1.807) is 0 Å². The molecule has 0 bridgehead atoms. The summed E-state index contributed by atoms with van der Waals surface area (Å²) in [7, 11) is 0. The molecule has 3 rings (SSSR count). The van der Waals surface area contributed by atoms with E-state index in [2.05, 4.69) is 10.6 Å². The summed E-state index contributed by atoms with van der Waals surface area (Å²) in [6.45, 7) is 8.93. The number of carbonyl (C=O) groups is 1. The van der Waals surface area contributed by atoms with E-state index in [0.717, 1.165) is 31.8 Å². The number of hydrogen-bond acceptors (Lipinski definition) is 5. The summed E-state index contributed by atoms with van der Waals surface area (Å²) < 4.78 is 5.51. The fourth-order valence-electron chi connectivity index (χ4n) is 3.96. The molecule has 6 heteroatoms. The summed E-state index contributed by atoms with van der Waals surface area (Å²) in [5.74, 6) is 1.13. The molecule has 2 fully saturated rings. The van der Waals surface area contributed by atoms with Gasteiger partial charge in [0.2, 0.25) is 0 Å². The van der Waals surface area contributed by atoms with E-state index in [9.17, 15) is 4.79 Å². The average molecular weight is 336 g/mol. The lowest BCUT2D eigenvalue weighted by atomic mass is 9.84. The van der Waals surface area contributed by atoms with Crippen molar-refractivity contribution in [1.29, 1.82) is 0 Å². The first kappa shape index (κ1) is 17.5. The molecule has 0 aromatic carbocycles. The van der Waals surface area contributed by atoms with Crippen LogP contribution in [0.4, 0.5) is 4.79 Å². The number of hydrogen-bond donors (Lipinski definition) is 2. The number of nitrogens with zero attached hydrogens (tertiary/aromatic N) is 2. The van der Waals surface area contributed by atoms with Crippen molar-refractivity contribution in [3.05, 3.63) is 0 Å². The van der Waals surface area contributed by atoms with Gasteiger partial charge in [0.25, 0.3) is 0 Å². The molecule has 6 nitrogen and oxygen atoms in total. The number of carbonyl (C=O) groups excluding carboxylic acids is 1. The Kier molecular flexibility index (Phi) is 5.04. The van der Waals surface area contributed by atoms with Crippen molar-refractivity contribution < 1.29 is 9.53 Å². The predicted octanol–water partition coefficient (Wildman–Crippen LogP) is 2.29. The quantitative estimate of drug-likeness (QED) is 0.771. The van der Waals surface area contributed by atoms with Crippen molar-refractivity contribution >= 4 is 11.9 Å². The van der Waals surface area contributed by atoms with E-state index in [1.165, 1.54) is 25.7 Å². The van der Waals surface area contributed by atoms with Gasteiger partial charge in [0.1, 0.15) is 11.4 Å². The lowest BCUT2D eigenvalue weighted by Gasteiger charge is -2.45. The number of amides is 1. The van der Waals surface area contributed by atoms with Crippen LogP contribution in [0.2, 0.25) is 0 Å². The molecule has 0 unspecified atom stereocenters. The van der Waals surface area contributed by atoms with E-state index in [0.29, 0.717) is 19.1 Å². The Hall–Kier alpha value is -1.30. The lowest BCUT2D eigenvalue weighted by Crippen LogP contribution is -2.65. The second-order valence-electron chi connectivity index (χ2n) is 8.33. The van der Waals surface area contributed by atoms with E-state index in [4.69, 9.17) is 9.73 Å². The van der Waals surface area contributed by atoms with Gasteiger partial charge in [0.05, 0.1) is 12.1 Å². The summed E-state index contributed by atoms with van der Waals surface area (Å²) in [5.41, 5.74) is -0.523. The first-order chi connectivity index (χ1) is 11.4. The number of nitrogens with one attached hydrogen (secondary N) is 2. The highest BCUT2D eigenvalue weighted by Gasteiger charge is 2.42. The molecule has 0 aromatic rings. The minimum Gasteiger partial charge on any atom is -0.444 e. The molecule has 1 aliphatic carbocycles. The van der Waals surface area contributed by atoms with Crippen LogP contribution in [0.1, 0.15) is 59.3 Å². The summed E-state index contributed by atoms with van der Waals surface area (Å²) in [6, 6.07) is 0.574. The summed E-state index contributed by atoms with van der Waals surface area (Å²) in [4.78, 5) is 18.9. The second-order valence-corrected chi connectivity index (χ2v) is 8.33. The highest BCUT2D eigenvalue weighted by atomic mass is 16.6. The Morgan fingerprint density at radius 3 is 2.58 bits per heavy atom. The number of piperidine rings is 1. The average Bonchev–Trinajstić information content (AvgIpc) is 3.02. The molecule has 1 spiro atoms. The van der Waals surface area contributed by atoms with Crippen molar-refractivity contribution in [2.24, 2.45) is 4.99 Å². The second kappa shape index (κ2) is 6.90. The Labute approximate surface area is 145 Å². The van der Waals surface area contributed by atoms with E-state index < -0.39 is 5.60 Å². The maximum atomic E-state index is 12.3. The molecular weight excluding hydrogens is 304 g/mol. The van der Waals surface area contributed by atoms with Crippen LogP contribution < -0.4 is 10.6 Å². The first-order valence-electron chi connectivity index (χ1n) is 9.42. The van der Waals surface area contributed by atoms with Crippen LogP contribution in [0, 0.1) is 0 Å². The summed E-state index contributed by atoms with van der Waals surface area (Å²) >= 11 is 0. The molecule has 3 aliphatic rings. The summed E-state index contributed by atoms with van der Waals surface area (Å²) in [6.07, 6.45) is 6.72. The fraction of sp³-hybridized carbons (Fsp3) is 0.889. The minimum atomic E-state index is -0.439. The number of aliphatic imine (C=N–C) groups is 1. The van der Waals surface area contributed by atoms with Crippen LogP contribution in [0.5, 0.6) is 0 Å². The zero-order valence-electron chi connectivity index (χ0n) is 15.4. The molecule has 24 heavy (non-hydrogen) atoms. The van der Waals surface area contributed by atoms with E-state index >= 15 is 0 Å². The molecule has 1 saturated carbocycles. The van der Waals surface area contributed by atoms with Gasteiger partial charge in [-0.3, -0.25) is 4.99 Å². The van der Waals surface area contributed by atoms with Crippen molar-refractivity contribution in [2.45, 2.75) is 76.5 Å². The highest BCUT2D eigenvalue weighted by Crippen LogP contribution is 2.28. The zero-order valence-corrected chi connectivity index (χ0v) is 15.4. The fourth-order valence-corrected chi connectivity index (χ4v) is 3.96. The van der Waals surface area contributed by atoms with Gasteiger partial charge < -0.3 is 20.3 Å². The van der Waals surface area contributed by atoms with Gasteiger partial charge in [-0.05, 0) is 46.5 Å². The van der Waals surface area contributed by atoms with Crippen LogP contribution in [0.25, 0.3) is 0 Å². The predicted molar refractivity (Wildman–Crippen MR) is 95.5 cm³/mol. The van der Waals surface area contributed by atoms with Gasteiger partial charge in [-0.2, -0.15) is 0 Å². The SMILES string of the molecule is CC(C)(C)OC(=O)N1CCC2(CC1)NCCN=C2NC1CCCC1. The van der Waals surface area contributed by atoms with E-state index in [-0.39, 0.29) is 11.6 Å². The van der Waals surface area contributed by atoms with Gasteiger partial charge in [-0.25, -0.2) is 4.79 Å². The molecule has 2 aliphatic heterocycles. The number of likely N-dealkylation sites (tertiary alicyclic amines) is 1. The van der Waals surface area contributed by atoms with Crippen molar-refractivity contribution in [3.8, 4) is 0 Å². The lowest BCUT2D eigenvalue weighted by molar-refractivity contribution is 0.0177. The van der Waals surface area contributed by atoms with E-state index in [1.807, 2.05) is 25.7 Å². The third-order valence-corrected chi connectivity index (χ3v) is 5.26.